The molecule has 45 heavy (non-hydrogen) atoms. The van der Waals surface area contributed by atoms with Crippen molar-refractivity contribution in [1.29, 1.82) is 0 Å². The Morgan fingerprint density at radius 2 is 1.71 bits per heavy atom. The number of anilines is 3. The third-order valence-corrected chi connectivity index (χ3v) is 8.51. The zero-order valence-corrected chi connectivity index (χ0v) is 25.5. The normalized spacial score (nSPS) is 14.6. The Morgan fingerprint density at radius 1 is 1.00 bits per heavy atom. The van der Waals surface area contributed by atoms with Gasteiger partial charge < -0.3 is 29.3 Å². The van der Waals surface area contributed by atoms with Crippen LogP contribution in [-0.4, -0.2) is 73.2 Å². The van der Waals surface area contributed by atoms with Crippen molar-refractivity contribution in [3.63, 3.8) is 0 Å². The van der Waals surface area contributed by atoms with Gasteiger partial charge in [0.05, 0.1) is 22.7 Å². The van der Waals surface area contributed by atoms with E-state index >= 15 is 0 Å². The maximum absolute atomic E-state index is 13.7. The summed E-state index contributed by atoms with van der Waals surface area (Å²) in [6, 6.07) is 17.2. The Hall–Kier alpha value is -5.10. The minimum absolute atomic E-state index is 0.0382. The molecule has 0 bridgehead atoms. The van der Waals surface area contributed by atoms with Crippen LogP contribution in [0.3, 0.4) is 0 Å². The van der Waals surface area contributed by atoms with E-state index in [1.54, 1.807) is 37.1 Å². The number of nitrogens with one attached hydrogen (secondary N) is 1. The summed E-state index contributed by atoms with van der Waals surface area (Å²) >= 11 is 6.54. The fourth-order valence-electron chi connectivity index (χ4n) is 5.59. The predicted molar refractivity (Wildman–Crippen MR) is 171 cm³/mol. The van der Waals surface area contributed by atoms with E-state index in [2.05, 4.69) is 15.4 Å². The van der Waals surface area contributed by atoms with E-state index in [0.717, 1.165) is 25.2 Å². The molecule has 13 heteroatoms. The second-order valence-corrected chi connectivity index (χ2v) is 11.3. The van der Waals surface area contributed by atoms with Gasteiger partial charge in [0.1, 0.15) is 28.5 Å². The first-order valence-corrected chi connectivity index (χ1v) is 14.9. The molecule has 2 amide bonds. The second-order valence-electron chi connectivity index (χ2n) is 10.9. The molecule has 12 nitrogen and oxygen atoms in total. The number of halogens is 1. The molecule has 0 radical (unpaired) electrons. The standard InChI is InChI=1S/C32H31ClN6O6/c1-20-29(30(35-45-20)23-6-3-4-7-28(23)44-2)32(41)38-16-14-37(15-17-38)26-19-25(27(39(42)43)18-24(26)33)34-31(40)21-8-10-22(11-9-21)36-12-5-13-36/h3-4,6-11,18-19H,5,12-17H2,1-2H3,(H,34,40). The molecule has 0 unspecified atom stereocenters. The lowest BCUT2D eigenvalue weighted by atomic mass is 10.0. The van der Waals surface area contributed by atoms with E-state index in [1.807, 2.05) is 35.2 Å². The molecule has 1 N–H and O–H groups in total. The lowest BCUT2D eigenvalue weighted by Gasteiger charge is -2.36. The topological polar surface area (TPSA) is 134 Å². The zero-order chi connectivity index (χ0) is 31.7. The van der Waals surface area contributed by atoms with E-state index in [0.29, 0.717) is 65.8 Å². The van der Waals surface area contributed by atoms with Gasteiger partial charge in [-0.05, 0) is 55.8 Å². The van der Waals surface area contributed by atoms with Gasteiger partial charge in [-0.1, -0.05) is 28.9 Å². The average Bonchev–Trinajstić information content (AvgIpc) is 3.41. The first kappa shape index (κ1) is 29.9. The molecule has 6 rings (SSSR count). The molecular formula is C32H31ClN6O6. The Kier molecular flexibility index (Phi) is 8.31. The molecule has 0 spiro atoms. The number of ether oxygens (including phenoxy) is 1. The van der Waals surface area contributed by atoms with Crippen LogP contribution in [0.1, 0.15) is 32.9 Å². The molecule has 2 fully saturated rings. The largest absolute Gasteiger partial charge is 0.496 e. The van der Waals surface area contributed by atoms with Crippen LogP contribution in [0.2, 0.25) is 5.02 Å². The fourth-order valence-corrected chi connectivity index (χ4v) is 5.87. The van der Waals surface area contributed by atoms with E-state index in [4.69, 9.17) is 20.9 Å². The van der Waals surface area contributed by atoms with Crippen molar-refractivity contribution in [2.45, 2.75) is 13.3 Å². The summed E-state index contributed by atoms with van der Waals surface area (Å²) in [4.78, 5) is 44.0. The van der Waals surface area contributed by atoms with Crippen LogP contribution < -0.4 is 19.9 Å². The highest BCUT2D eigenvalue weighted by molar-refractivity contribution is 6.33. The van der Waals surface area contributed by atoms with Gasteiger partial charge in [-0.25, -0.2) is 0 Å². The van der Waals surface area contributed by atoms with Crippen LogP contribution >= 0.6 is 11.6 Å². The number of amides is 2. The third kappa shape index (κ3) is 5.88. The number of aryl methyl sites for hydroxylation is 1. The third-order valence-electron chi connectivity index (χ3n) is 8.21. The second kappa shape index (κ2) is 12.5. The van der Waals surface area contributed by atoms with Gasteiger partial charge >= 0.3 is 0 Å². The van der Waals surface area contributed by atoms with E-state index < -0.39 is 10.8 Å². The number of piperazine rings is 1. The SMILES string of the molecule is COc1ccccc1-c1noc(C)c1C(=O)N1CCN(c2cc(NC(=O)c3ccc(N4CCC4)cc3)c([N+](=O)[O-])cc2Cl)CC1. The van der Waals surface area contributed by atoms with Gasteiger partial charge in [0.25, 0.3) is 17.5 Å². The Labute approximate surface area is 264 Å². The van der Waals surface area contributed by atoms with Gasteiger partial charge in [-0.15, -0.1) is 0 Å². The molecule has 232 valence electrons. The summed E-state index contributed by atoms with van der Waals surface area (Å²) in [6.45, 7) is 5.18. The minimum Gasteiger partial charge on any atom is -0.496 e. The van der Waals surface area contributed by atoms with Crippen molar-refractivity contribution in [3.05, 3.63) is 92.7 Å². The number of benzene rings is 3. The number of aromatic nitrogens is 1. The zero-order valence-electron chi connectivity index (χ0n) is 24.8. The minimum atomic E-state index is -0.574. The van der Waals surface area contributed by atoms with Crippen molar-refractivity contribution in [1.82, 2.24) is 10.1 Å². The summed E-state index contributed by atoms with van der Waals surface area (Å²) in [5, 5.41) is 18.9. The summed E-state index contributed by atoms with van der Waals surface area (Å²) in [7, 11) is 1.55. The van der Waals surface area contributed by atoms with Crippen LogP contribution in [-0.2, 0) is 0 Å². The van der Waals surface area contributed by atoms with Crippen LogP contribution in [0.15, 0.2) is 65.2 Å². The van der Waals surface area contributed by atoms with Crippen LogP contribution in [0.4, 0.5) is 22.7 Å². The van der Waals surface area contributed by atoms with Gasteiger partial charge in [0.15, 0.2) is 0 Å². The molecule has 0 aliphatic carbocycles. The molecule has 2 saturated heterocycles. The van der Waals surface area contributed by atoms with Crippen molar-refractivity contribution in [2.24, 2.45) is 0 Å². The molecule has 2 aliphatic rings. The van der Waals surface area contributed by atoms with Gasteiger partial charge in [-0.2, -0.15) is 0 Å². The quantitative estimate of drug-likeness (QED) is 0.194. The van der Waals surface area contributed by atoms with Crippen molar-refractivity contribution >= 4 is 46.2 Å². The number of methoxy groups -OCH3 is 1. The van der Waals surface area contributed by atoms with Crippen molar-refractivity contribution < 1.29 is 23.8 Å². The first-order chi connectivity index (χ1) is 21.7. The number of carbonyl (C=O) groups excluding carboxylic acids is 2. The van der Waals surface area contributed by atoms with Crippen LogP contribution in [0, 0.1) is 17.0 Å². The maximum atomic E-state index is 13.7. The fraction of sp³-hybridized carbons (Fsp3) is 0.281. The number of nitro groups is 1. The smallest absolute Gasteiger partial charge is 0.294 e. The van der Waals surface area contributed by atoms with Crippen molar-refractivity contribution in [2.75, 3.05) is 61.5 Å². The first-order valence-electron chi connectivity index (χ1n) is 14.5. The lowest BCUT2D eigenvalue weighted by Crippen LogP contribution is -2.49. The molecular weight excluding hydrogens is 600 g/mol. The van der Waals surface area contributed by atoms with E-state index in [9.17, 15) is 19.7 Å². The van der Waals surface area contributed by atoms with E-state index in [-0.39, 0.29) is 22.3 Å². The van der Waals surface area contributed by atoms with Gasteiger partial charge in [-0.3, -0.25) is 19.7 Å². The molecule has 1 aromatic heterocycles. The highest BCUT2D eigenvalue weighted by Gasteiger charge is 2.31. The number of hydrogen-bond donors (Lipinski definition) is 1. The number of hydrogen-bond acceptors (Lipinski definition) is 9. The van der Waals surface area contributed by atoms with Gasteiger partial charge in [0, 0.05) is 62.1 Å². The Balaban J connectivity index is 1.18. The Morgan fingerprint density at radius 3 is 2.36 bits per heavy atom. The molecule has 0 saturated carbocycles. The molecule has 4 aromatic rings. The maximum Gasteiger partial charge on any atom is 0.294 e. The Bertz CT molecular complexity index is 1760. The van der Waals surface area contributed by atoms with Crippen molar-refractivity contribution in [3.8, 4) is 17.0 Å². The number of para-hydroxylation sites is 1. The monoisotopic (exact) mass is 630 g/mol. The van der Waals surface area contributed by atoms with E-state index in [1.165, 1.54) is 12.1 Å². The molecule has 0 atom stereocenters. The summed E-state index contributed by atoms with van der Waals surface area (Å²) in [6.07, 6.45) is 1.14. The predicted octanol–water partition coefficient (Wildman–Crippen LogP) is 5.65. The highest BCUT2D eigenvalue weighted by Crippen LogP contribution is 2.38. The number of rotatable bonds is 8. The number of carbonyl (C=O) groups is 2. The number of nitro benzene ring substituents is 1. The number of nitrogens with zero attached hydrogens (tertiary/aromatic N) is 5. The highest BCUT2D eigenvalue weighted by atomic mass is 35.5. The molecule has 3 aromatic carbocycles. The molecule has 2 aliphatic heterocycles. The summed E-state index contributed by atoms with van der Waals surface area (Å²) < 4.78 is 10.9. The van der Waals surface area contributed by atoms with Crippen LogP contribution in [0.25, 0.3) is 11.3 Å². The molecule has 3 heterocycles. The van der Waals surface area contributed by atoms with Crippen LogP contribution in [0.5, 0.6) is 5.75 Å². The van der Waals surface area contributed by atoms with Gasteiger partial charge in [0.2, 0.25) is 0 Å². The summed E-state index contributed by atoms with van der Waals surface area (Å²) in [5.41, 5.74) is 3.09. The summed E-state index contributed by atoms with van der Waals surface area (Å²) in [5.74, 6) is 0.283. The average molecular weight is 631 g/mol. The lowest BCUT2D eigenvalue weighted by molar-refractivity contribution is -0.383.